The van der Waals surface area contributed by atoms with E-state index in [4.69, 9.17) is 25.6 Å². The number of rotatable bonds is 5. The Morgan fingerprint density at radius 3 is 2.17 bits per heavy atom. The normalized spacial score (nSPS) is 19.9. The molecular weight excluding hydrogens is 739 g/mol. The van der Waals surface area contributed by atoms with Gasteiger partial charge in [0, 0.05) is 69.4 Å². The predicted octanol–water partition coefficient (Wildman–Crippen LogP) is 13.3. The van der Waals surface area contributed by atoms with Gasteiger partial charge in [0.05, 0.1) is 19.4 Å². The van der Waals surface area contributed by atoms with Gasteiger partial charge in [0.2, 0.25) is 0 Å². The van der Waals surface area contributed by atoms with Crippen LogP contribution in [-0.4, -0.2) is 6.71 Å². The van der Waals surface area contributed by atoms with Crippen molar-refractivity contribution in [1.82, 2.24) is 0 Å². The van der Waals surface area contributed by atoms with Gasteiger partial charge in [-0.05, 0) is 120 Å². The van der Waals surface area contributed by atoms with E-state index >= 15 is 0 Å². The number of fused-ring (bicyclic) bond motifs is 7. The molecule has 0 amide bonds. The Bertz CT molecular complexity index is 3660. The van der Waals surface area contributed by atoms with Crippen LogP contribution in [0.4, 0.5) is 34.1 Å². The molecule has 6 heteroatoms. The summed E-state index contributed by atoms with van der Waals surface area (Å²) in [5.41, 5.74) is 3.59. The van der Waals surface area contributed by atoms with Gasteiger partial charge in [0.25, 0.3) is 0 Å². The summed E-state index contributed by atoms with van der Waals surface area (Å²) in [5, 5.41) is 1.07. The van der Waals surface area contributed by atoms with Crippen molar-refractivity contribution >= 4 is 78.8 Å². The summed E-state index contributed by atoms with van der Waals surface area (Å²) < 4.78 is 154. The van der Waals surface area contributed by atoms with Crippen molar-refractivity contribution in [1.29, 1.82) is 0 Å². The van der Waals surface area contributed by atoms with Crippen molar-refractivity contribution in [2.75, 3.05) is 9.80 Å². The average Bonchev–Trinajstić information content (AvgIpc) is 3.96. The number of para-hydroxylation sites is 3. The summed E-state index contributed by atoms with van der Waals surface area (Å²) in [4.78, 5) is 4.40. The standard InChI is InChI=1S/C53H47BN2O2S/c1-32-25-33(2)47(34(3)26-32)43-31-45-51(58-43)54-40-29-39-46(59-50-48(39)52(4,5)23-24-53(50,6)7)30-41(40)56(37-21-15-10-16-22-37)42-27-38(28-44(57-45)49(42)54)55(35-17-11-8-12-18-35)36-19-13-9-14-20-36/h8-22,25-31H,23-24H2,1-7H3/i1D3,2D3,8D,9D,11D,12D,13D,14D,17D,18D,19D,20D. The first-order valence-electron chi connectivity index (χ1n) is 27.6. The molecule has 0 atom stereocenters. The van der Waals surface area contributed by atoms with E-state index in [1.54, 1.807) is 30.4 Å². The van der Waals surface area contributed by atoms with Crippen molar-refractivity contribution in [3.63, 3.8) is 0 Å². The van der Waals surface area contributed by atoms with Crippen LogP contribution in [-0.2, 0) is 10.8 Å². The minimum absolute atomic E-state index is 0.00747. The summed E-state index contributed by atoms with van der Waals surface area (Å²) in [7, 11) is 0. The Morgan fingerprint density at radius 2 is 1.46 bits per heavy atom. The lowest BCUT2D eigenvalue weighted by molar-refractivity contribution is 0.341. The van der Waals surface area contributed by atoms with Crippen molar-refractivity contribution in [3.8, 4) is 22.8 Å². The molecule has 1 aliphatic carbocycles. The molecular formula is C53H47BN2O2S. The van der Waals surface area contributed by atoms with Gasteiger partial charge in [-0.2, -0.15) is 0 Å². The van der Waals surface area contributed by atoms with E-state index in [1.165, 1.54) is 28.6 Å². The Labute approximate surface area is 374 Å². The van der Waals surface area contributed by atoms with Crippen LogP contribution in [0.1, 0.15) is 89.6 Å². The Kier molecular flexibility index (Phi) is 5.07. The first kappa shape index (κ1) is 23.0. The van der Waals surface area contributed by atoms with E-state index in [0.717, 1.165) is 33.3 Å². The van der Waals surface area contributed by atoms with Gasteiger partial charge in [-0.25, -0.2) is 0 Å². The second-order valence-corrected chi connectivity index (χ2v) is 18.0. The molecule has 4 nitrogen and oxygen atoms in total. The van der Waals surface area contributed by atoms with Crippen LogP contribution in [0.3, 0.4) is 0 Å². The maximum Gasteiger partial charge on any atom is 0.301 e. The minimum Gasteiger partial charge on any atom is -0.466 e. The zero-order valence-electron chi connectivity index (χ0n) is 49.0. The van der Waals surface area contributed by atoms with Gasteiger partial charge in [0.1, 0.15) is 17.2 Å². The summed E-state index contributed by atoms with van der Waals surface area (Å²) in [6, 6.07) is 14.1. The number of hydrogen-bond donors (Lipinski definition) is 0. The zero-order chi connectivity index (χ0) is 54.1. The average molecular weight is 803 g/mol. The fourth-order valence-electron chi connectivity index (χ4n) is 9.39. The number of aryl methyl sites for hydroxylation is 3. The van der Waals surface area contributed by atoms with Gasteiger partial charge in [-0.1, -0.05) is 106 Å². The lowest BCUT2D eigenvalue weighted by Gasteiger charge is -2.40. The quantitative estimate of drug-likeness (QED) is 0.162. The zero-order valence-corrected chi connectivity index (χ0v) is 33.9. The number of thiophene rings is 1. The van der Waals surface area contributed by atoms with Gasteiger partial charge in [-0.15, -0.1) is 11.3 Å². The summed E-state index contributed by atoms with van der Waals surface area (Å²) in [5.74, 6) is 0.439. The number of nitrogens with zero attached hydrogens (tertiary/aromatic N) is 2. The first-order valence-corrected chi connectivity index (χ1v) is 20.4. The SMILES string of the molecule is [2H]c1c([2H])c([2H])c(N(c2cc3c4c(c2)N(c2ccccc2)c2cc5sc6c(c5cc2B4c2oc(-c4c(C)cc(C([2H])([2H])[2H])cc4C([2H])([2H])[2H])cc2O3)C(C)(C)CCC6(C)C)c2c([2H])c([2H])c([2H])c([2H])c2[2H])c([2H])c1[2H]. The van der Waals surface area contributed by atoms with E-state index in [2.05, 4.69) is 39.8 Å². The van der Waals surface area contributed by atoms with Crippen LogP contribution in [0.2, 0.25) is 0 Å². The molecule has 0 saturated carbocycles. The molecule has 0 fully saturated rings. The van der Waals surface area contributed by atoms with Gasteiger partial charge in [-0.3, -0.25) is 0 Å². The van der Waals surface area contributed by atoms with Gasteiger partial charge in [0.15, 0.2) is 5.75 Å². The molecule has 0 unspecified atom stereocenters. The highest BCUT2D eigenvalue weighted by atomic mass is 32.1. The highest BCUT2D eigenvalue weighted by Crippen LogP contribution is 2.54. The molecule has 8 aromatic rings. The lowest BCUT2D eigenvalue weighted by Crippen LogP contribution is -2.59. The number of hydrogen-bond acceptors (Lipinski definition) is 5. The van der Waals surface area contributed by atoms with E-state index in [1.807, 2.05) is 35.2 Å². The number of benzene rings is 6. The van der Waals surface area contributed by atoms with E-state index in [9.17, 15) is 5.48 Å². The molecule has 3 aliphatic rings. The molecule has 0 spiro atoms. The summed E-state index contributed by atoms with van der Waals surface area (Å²) >= 11 is 1.74. The summed E-state index contributed by atoms with van der Waals surface area (Å²) in [6.45, 7) is 4.50. The van der Waals surface area contributed by atoms with E-state index < -0.39 is 92.2 Å². The number of anilines is 6. The van der Waals surface area contributed by atoms with Crippen molar-refractivity contribution < 1.29 is 31.1 Å². The van der Waals surface area contributed by atoms with Crippen LogP contribution in [0.25, 0.3) is 21.4 Å². The fraction of sp³-hybridized carbons (Fsp3) is 0.208. The topological polar surface area (TPSA) is 28.9 Å². The second-order valence-electron chi connectivity index (χ2n) is 16.9. The van der Waals surface area contributed by atoms with Crippen LogP contribution >= 0.6 is 11.3 Å². The smallest absolute Gasteiger partial charge is 0.301 e. The van der Waals surface area contributed by atoms with Crippen molar-refractivity contribution in [3.05, 3.63) is 160 Å². The van der Waals surface area contributed by atoms with Crippen LogP contribution in [0, 0.1) is 20.6 Å². The van der Waals surface area contributed by atoms with Crippen molar-refractivity contribution in [2.24, 2.45) is 0 Å². The highest BCUT2D eigenvalue weighted by molar-refractivity contribution is 7.19. The molecule has 6 aromatic carbocycles. The van der Waals surface area contributed by atoms with Crippen LogP contribution in [0.5, 0.6) is 11.5 Å². The van der Waals surface area contributed by atoms with Gasteiger partial charge >= 0.3 is 6.71 Å². The third-order valence-electron chi connectivity index (χ3n) is 12.2. The molecule has 0 saturated heterocycles. The Balaban J connectivity index is 1.28. The summed E-state index contributed by atoms with van der Waals surface area (Å²) in [6.07, 6.45) is 1.93. The van der Waals surface area contributed by atoms with E-state index in [0.29, 0.717) is 33.7 Å². The second kappa shape index (κ2) is 13.0. The fourth-order valence-corrected chi connectivity index (χ4v) is 10.9. The predicted molar refractivity (Wildman–Crippen MR) is 250 cm³/mol. The van der Waals surface area contributed by atoms with Gasteiger partial charge < -0.3 is 19.0 Å². The monoisotopic (exact) mass is 802 g/mol. The van der Waals surface area contributed by atoms with Crippen molar-refractivity contribution in [2.45, 2.75) is 72.0 Å². The molecule has 0 N–H and O–H groups in total. The molecule has 59 heavy (non-hydrogen) atoms. The van der Waals surface area contributed by atoms with Crippen LogP contribution < -0.4 is 31.1 Å². The number of ether oxygens (including phenoxy) is 1. The molecule has 4 heterocycles. The molecule has 2 aromatic heterocycles. The third kappa shape index (κ3) is 5.56. The highest BCUT2D eigenvalue weighted by Gasteiger charge is 2.47. The lowest BCUT2D eigenvalue weighted by atomic mass is 9.36. The molecule has 0 bridgehead atoms. The Morgan fingerprint density at radius 1 is 0.746 bits per heavy atom. The molecule has 290 valence electrons. The van der Waals surface area contributed by atoms with E-state index in [-0.39, 0.29) is 50.5 Å². The van der Waals surface area contributed by atoms with Crippen LogP contribution in [0.15, 0.2) is 138 Å². The molecule has 0 radical (unpaired) electrons. The largest absolute Gasteiger partial charge is 0.466 e. The Hall–Kier alpha value is -5.98. The maximum absolute atomic E-state index is 9.26. The third-order valence-corrected chi connectivity index (χ3v) is 13.7. The number of furan rings is 1. The first-order chi connectivity index (χ1) is 35.0. The molecule has 2 aliphatic heterocycles. The minimum atomic E-state index is -2.78. The maximum atomic E-state index is 9.26. The molecule has 11 rings (SSSR count).